The van der Waals surface area contributed by atoms with Gasteiger partial charge in [-0.3, -0.25) is 0 Å². The Morgan fingerprint density at radius 2 is 2.22 bits per heavy atom. The van der Waals surface area contributed by atoms with Gasteiger partial charge in [0.25, 0.3) is 0 Å². The first-order chi connectivity index (χ1) is 4.33. The lowest BCUT2D eigenvalue weighted by atomic mass is 10.3. The molecule has 0 bridgehead atoms. The maximum Gasteiger partial charge on any atom is 0.0658 e. The van der Waals surface area contributed by atoms with Crippen LogP contribution in [0, 0.1) is 0 Å². The van der Waals surface area contributed by atoms with Crippen LogP contribution in [-0.2, 0) is 4.74 Å². The minimum absolute atomic E-state index is 0.485. The van der Waals surface area contributed by atoms with Crippen LogP contribution in [0.25, 0.3) is 0 Å². The number of nitrogens with zero attached hydrogens (tertiary/aromatic N) is 1. The first kappa shape index (κ1) is 6.37. The topological polar surface area (TPSA) is 12.5 Å². The van der Waals surface area contributed by atoms with E-state index in [0.29, 0.717) is 5.54 Å². The van der Waals surface area contributed by atoms with Crippen molar-refractivity contribution in [2.45, 2.75) is 18.4 Å². The molecule has 9 heavy (non-hydrogen) atoms. The van der Waals surface area contributed by atoms with Crippen molar-refractivity contribution in [3.8, 4) is 0 Å². The summed E-state index contributed by atoms with van der Waals surface area (Å²) in [7, 11) is 0. The molecule has 0 aromatic rings. The van der Waals surface area contributed by atoms with Gasteiger partial charge in [-0.1, -0.05) is 0 Å². The second-order valence-electron chi connectivity index (χ2n) is 2.86. The Balaban J connectivity index is 2.03. The van der Waals surface area contributed by atoms with Gasteiger partial charge < -0.3 is 4.74 Å². The number of halogens is 1. The van der Waals surface area contributed by atoms with Crippen molar-refractivity contribution in [2.75, 3.05) is 19.8 Å². The smallest absolute Gasteiger partial charge is 0.0658 e. The molecule has 0 N–H and O–H groups in total. The third-order valence-corrected chi connectivity index (χ3v) is 3.65. The molecule has 2 nitrogen and oxygen atoms in total. The normalized spacial score (nSPS) is 33.0. The monoisotopic (exact) mass is 239 g/mol. The average Bonchev–Trinajstić information content (AvgIpc) is 2.60. The first-order valence-electron chi connectivity index (χ1n) is 3.35. The molecule has 52 valence electrons. The lowest BCUT2D eigenvalue weighted by Crippen LogP contribution is -2.40. The zero-order valence-corrected chi connectivity index (χ0v) is 7.43. The van der Waals surface area contributed by atoms with Crippen LogP contribution in [0.5, 0.6) is 0 Å². The van der Waals surface area contributed by atoms with Gasteiger partial charge in [0.1, 0.15) is 0 Å². The molecule has 3 heteroatoms. The van der Waals surface area contributed by atoms with E-state index < -0.39 is 0 Å². The van der Waals surface area contributed by atoms with Gasteiger partial charge in [0.05, 0.1) is 18.8 Å². The van der Waals surface area contributed by atoms with Crippen LogP contribution < -0.4 is 0 Å². The summed E-state index contributed by atoms with van der Waals surface area (Å²) in [5.41, 5.74) is 0.485. The van der Waals surface area contributed by atoms with Crippen LogP contribution in [0.3, 0.4) is 0 Å². The van der Waals surface area contributed by atoms with Crippen LogP contribution >= 0.6 is 22.9 Å². The molecular formula is C6H10INO. The van der Waals surface area contributed by atoms with E-state index in [0.717, 1.165) is 19.8 Å². The predicted octanol–water partition coefficient (Wildman–Crippen LogP) is 1.20. The Morgan fingerprint density at radius 1 is 1.44 bits per heavy atom. The first-order valence-corrected chi connectivity index (χ1v) is 4.31. The van der Waals surface area contributed by atoms with Gasteiger partial charge in [-0.05, 0) is 12.8 Å². The van der Waals surface area contributed by atoms with Gasteiger partial charge in [-0.2, -0.15) is 0 Å². The highest BCUT2D eigenvalue weighted by atomic mass is 127. The van der Waals surface area contributed by atoms with E-state index in [1.54, 1.807) is 0 Å². The minimum Gasteiger partial charge on any atom is -0.378 e. The lowest BCUT2D eigenvalue weighted by molar-refractivity contribution is 0.0344. The highest BCUT2D eigenvalue weighted by Crippen LogP contribution is 2.45. The fourth-order valence-electron chi connectivity index (χ4n) is 1.25. The van der Waals surface area contributed by atoms with Gasteiger partial charge in [0.15, 0.2) is 0 Å². The van der Waals surface area contributed by atoms with Gasteiger partial charge >= 0.3 is 0 Å². The van der Waals surface area contributed by atoms with E-state index in [1.807, 2.05) is 0 Å². The SMILES string of the molecule is IN1CCOCC12CC2. The minimum atomic E-state index is 0.485. The van der Waals surface area contributed by atoms with Crippen LogP contribution in [0.4, 0.5) is 0 Å². The number of hydrogen-bond acceptors (Lipinski definition) is 2. The lowest BCUT2D eigenvalue weighted by Gasteiger charge is -2.30. The van der Waals surface area contributed by atoms with Crippen LogP contribution in [0.1, 0.15) is 12.8 Å². The maximum atomic E-state index is 5.37. The molecule has 1 spiro atoms. The molecule has 1 heterocycles. The zero-order chi connectivity index (χ0) is 6.32. The molecule has 1 aliphatic carbocycles. The van der Waals surface area contributed by atoms with Crippen molar-refractivity contribution in [3.05, 3.63) is 0 Å². The zero-order valence-electron chi connectivity index (χ0n) is 5.27. The summed E-state index contributed by atoms with van der Waals surface area (Å²) < 4.78 is 7.78. The van der Waals surface area contributed by atoms with E-state index in [-0.39, 0.29) is 0 Å². The largest absolute Gasteiger partial charge is 0.378 e. The molecular weight excluding hydrogens is 229 g/mol. The molecule has 0 atom stereocenters. The van der Waals surface area contributed by atoms with Crippen molar-refractivity contribution >= 4 is 22.9 Å². The predicted molar refractivity (Wildman–Crippen MR) is 43.5 cm³/mol. The second kappa shape index (κ2) is 2.07. The standard InChI is InChI=1S/C6H10INO/c7-8-3-4-9-5-6(8)1-2-6/h1-5H2. The van der Waals surface area contributed by atoms with E-state index in [1.165, 1.54) is 12.8 Å². The Labute approximate surface area is 69.0 Å². The van der Waals surface area contributed by atoms with Gasteiger partial charge in [-0.25, -0.2) is 3.11 Å². The summed E-state index contributed by atoms with van der Waals surface area (Å²) in [6.45, 7) is 3.00. The average molecular weight is 239 g/mol. The van der Waals surface area contributed by atoms with E-state index in [4.69, 9.17) is 4.74 Å². The number of ether oxygens (including phenoxy) is 1. The highest BCUT2D eigenvalue weighted by Gasteiger charge is 2.49. The quantitative estimate of drug-likeness (QED) is 0.465. The van der Waals surface area contributed by atoms with E-state index in [9.17, 15) is 0 Å². The van der Waals surface area contributed by atoms with Crippen molar-refractivity contribution in [3.63, 3.8) is 0 Å². The molecule has 1 saturated carbocycles. The Morgan fingerprint density at radius 3 is 2.67 bits per heavy atom. The van der Waals surface area contributed by atoms with Gasteiger partial charge in [0, 0.05) is 29.4 Å². The van der Waals surface area contributed by atoms with Crippen molar-refractivity contribution in [1.29, 1.82) is 0 Å². The van der Waals surface area contributed by atoms with Gasteiger partial charge in [-0.15, -0.1) is 0 Å². The third-order valence-electron chi connectivity index (χ3n) is 2.14. The second-order valence-corrected chi connectivity index (χ2v) is 4.03. The summed E-state index contributed by atoms with van der Waals surface area (Å²) in [5, 5.41) is 0. The number of rotatable bonds is 0. The van der Waals surface area contributed by atoms with Crippen molar-refractivity contribution in [2.24, 2.45) is 0 Å². The van der Waals surface area contributed by atoms with Crippen molar-refractivity contribution < 1.29 is 4.74 Å². The van der Waals surface area contributed by atoms with Crippen LogP contribution in [0.2, 0.25) is 0 Å². The molecule has 0 amide bonds. The number of hydrogen-bond donors (Lipinski definition) is 0. The Hall–Kier alpha value is 0.650. The summed E-state index contributed by atoms with van der Waals surface area (Å²) in [6, 6.07) is 0. The summed E-state index contributed by atoms with van der Waals surface area (Å²) >= 11 is 2.42. The molecule has 0 radical (unpaired) electrons. The van der Waals surface area contributed by atoms with Gasteiger partial charge in [0.2, 0.25) is 0 Å². The third kappa shape index (κ3) is 0.991. The van der Waals surface area contributed by atoms with E-state index >= 15 is 0 Å². The summed E-state index contributed by atoms with van der Waals surface area (Å²) in [4.78, 5) is 0. The molecule has 0 aromatic carbocycles. The molecule has 2 rings (SSSR count). The molecule has 2 aliphatic rings. The number of morpholine rings is 1. The molecule has 1 aliphatic heterocycles. The Kier molecular flexibility index (Phi) is 1.46. The molecule has 0 aromatic heterocycles. The summed E-state index contributed by atoms with van der Waals surface area (Å²) in [5.74, 6) is 0. The highest BCUT2D eigenvalue weighted by molar-refractivity contribution is 14.1. The summed E-state index contributed by atoms with van der Waals surface area (Å²) in [6.07, 6.45) is 2.69. The van der Waals surface area contributed by atoms with Crippen molar-refractivity contribution in [1.82, 2.24) is 3.11 Å². The maximum absolute atomic E-state index is 5.37. The Bertz CT molecular complexity index is 124. The van der Waals surface area contributed by atoms with E-state index in [2.05, 4.69) is 26.0 Å². The fraction of sp³-hybridized carbons (Fsp3) is 1.00. The van der Waals surface area contributed by atoms with Crippen LogP contribution in [0.15, 0.2) is 0 Å². The molecule has 0 unspecified atom stereocenters. The molecule has 2 fully saturated rings. The molecule has 1 saturated heterocycles. The fourth-order valence-corrected chi connectivity index (χ4v) is 2.06. The van der Waals surface area contributed by atoms with Crippen LogP contribution in [-0.4, -0.2) is 28.4 Å².